The van der Waals surface area contributed by atoms with Crippen molar-refractivity contribution in [1.29, 1.82) is 0 Å². The predicted octanol–water partition coefficient (Wildman–Crippen LogP) is 4.20. The normalized spacial score (nSPS) is 37.3. The van der Waals surface area contributed by atoms with Gasteiger partial charge in [0.1, 0.15) is 0 Å². The van der Waals surface area contributed by atoms with Crippen molar-refractivity contribution in [3.05, 3.63) is 0 Å². The summed E-state index contributed by atoms with van der Waals surface area (Å²) >= 11 is 0. The summed E-state index contributed by atoms with van der Waals surface area (Å²) in [5.41, 5.74) is 0. The Balaban J connectivity index is 1.54. The molecule has 0 aromatic rings. The van der Waals surface area contributed by atoms with Gasteiger partial charge in [0.2, 0.25) is 0 Å². The van der Waals surface area contributed by atoms with Crippen molar-refractivity contribution in [3.63, 3.8) is 0 Å². The van der Waals surface area contributed by atoms with Gasteiger partial charge in [0.25, 0.3) is 0 Å². The Hall–Kier alpha value is -0.0800. The molecular weight excluding hydrogens is 256 g/mol. The lowest BCUT2D eigenvalue weighted by atomic mass is 9.82. The number of nitrogens with one attached hydrogen (secondary N) is 1. The van der Waals surface area contributed by atoms with E-state index in [4.69, 9.17) is 0 Å². The van der Waals surface area contributed by atoms with Gasteiger partial charge >= 0.3 is 0 Å². The Morgan fingerprint density at radius 2 is 1.67 bits per heavy atom. The molecule has 0 aromatic heterocycles. The summed E-state index contributed by atoms with van der Waals surface area (Å²) in [6.07, 6.45) is 16.1. The fraction of sp³-hybridized carbons (Fsp3) is 1.00. The van der Waals surface area contributed by atoms with Crippen LogP contribution in [0.25, 0.3) is 0 Å². The van der Waals surface area contributed by atoms with Crippen LogP contribution in [-0.2, 0) is 0 Å². The molecule has 122 valence electrons. The van der Waals surface area contributed by atoms with Crippen LogP contribution in [0.15, 0.2) is 0 Å². The van der Waals surface area contributed by atoms with Gasteiger partial charge < -0.3 is 5.32 Å². The molecule has 1 aliphatic heterocycles. The van der Waals surface area contributed by atoms with E-state index < -0.39 is 0 Å². The maximum Gasteiger partial charge on any atom is 0.0223 e. The highest BCUT2D eigenvalue weighted by Crippen LogP contribution is 2.32. The van der Waals surface area contributed by atoms with Crippen LogP contribution in [0.4, 0.5) is 0 Å². The maximum atomic E-state index is 3.90. The van der Waals surface area contributed by atoms with Gasteiger partial charge in [-0.3, -0.25) is 4.90 Å². The quantitative estimate of drug-likeness (QED) is 0.838. The minimum atomic E-state index is 0.789. The molecule has 1 N–H and O–H groups in total. The molecule has 1 unspecified atom stereocenters. The van der Waals surface area contributed by atoms with Crippen molar-refractivity contribution in [2.45, 2.75) is 89.6 Å². The minimum Gasteiger partial charge on any atom is -0.312 e. The zero-order chi connectivity index (χ0) is 14.5. The molecule has 1 heterocycles. The first-order chi connectivity index (χ1) is 10.4. The zero-order valence-electron chi connectivity index (χ0n) is 14.2. The van der Waals surface area contributed by atoms with E-state index in [1.165, 1.54) is 90.3 Å². The molecule has 0 radical (unpaired) electrons. The first-order valence-corrected chi connectivity index (χ1v) is 9.84. The summed E-state index contributed by atoms with van der Waals surface area (Å²) in [6.45, 7) is 6.31. The molecular formula is C19H36N2. The highest BCUT2D eigenvalue weighted by atomic mass is 15.2. The second-order valence-corrected chi connectivity index (χ2v) is 7.89. The summed E-state index contributed by atoms with van der Waals surface area (Å²) in [5.74, 6) is 1.99. The van der Waals surface area contributed by atoms with Crippen molar-refractivity contribution in [2.24, 2.45) is 11.8 Å². The lowest BCUT2D eigenvalue weighted by molar-refractivity contribution is 0.118. The van der Waals surface area contributed by atoms with E-state index in [0.29, 0.717) is 0 Å². The van der Waals surface area contributed by atoms with Crippen molar-refractivity contribution < 1.29 is 0 Å². The van der Waals surface area contributed by atoms with Gasteiger partial charge in [0.15, 0.2) is 0 Å². The molecule has 2 nitrogen and oxygen atoms in total. The SMILES string of the molecule is CCC1CCC(N2CCCNC(C3CCCCC3)C2)CC1. The summed E-state index contributed by atoms with van der Waals surface area (Å²) in [7, 11) is 0. The third-order valence-electron chi connectivity index (χ3n) is 6.59. The van der Waals surface area contributed by atoms with Crippen LogP contribution in [-0.4, -0.2) is 36.6 Å². The third-order valence-corrected chi connectivity index (χ3v) is 6.59. The molecule has 0 amide bonds. The van der Waals surface area contributed by atoms with E-state index in [2.05, 4.69) is 17.1 Å². The molecule has 1 atom stereocenters. The van der Waals surface area contributed by atoms with Crippen molar-refractivity contribution in [3.8, 4) is 0 Å². The summed E-state index contributed by atoms with van der Waals surface area (Å²) in [5, 5.41) is 3.90. The molecule has 0 aromatic carbocycles. The van der Waals surface area contributed by atoms with Gasteiger partial charge in [-0.05, 0) is 69.9 Å². The third kappa shape index (κ3) is 4.22. The van der Waals surface area contributed by atoms with Gasteiger partial charge in [-0.2, -0.15) is 0 Å². The minimum absolute atomic E-state index is 0.789. The highest BCUT2D eigenvalue weighted by molar-refractivity contribution is 4.88. The van der Waals surface area contributed by atoms with E-state index in [0.717, 1.165) is 23.9 Å². The molecule has 3 fully saturated rings. The fourth-order valence-electron chi connectivity index (χ4n) is 5.08. The Morgan fingerprint density at radius 1 is 0.905 bits per heavy atom. The first kappa shape index (κ1) is 15.8. The smallest absolute Gasteiger partial charge is 0.0223 e. The number of hydrogen-bond donors (Lipinski definition) is 1. The lowest BCUT2D eigenvalue weighted by Crippen LogP contribution is -2.47. The highest BCUT2D eigenvalue weighted by Gasteiger charge is 2.31. The molecule has 2 heteroatoms. The van der Waals surface area contributed by atoms with E-state index in [9.17, 15) is 0 Å². The number of rotatable bonds is 3. The van der Waals surface area contributed by atoms with Crippen LogP contribution in [0, 0.1) is 11.8 Å². The predicted molar refractivity (Wildman–Crippen MR) is 90.6 cm³/mol. The van der Waals surface area contributed by atoms with Gasteiger partial charge in [0.05, 0.1) is 0 Å². The standard InChI is InChI=1S/C19H36N2/c1-2-16-9-11-18(12-10-16)21-14-6-13-20-19(15-21)17-7-4-3-5-8-17/h16-20H,2-15H2,1H3. The topological polar surface area (TPSA) is 15.3 Å². The summed E-state index contributed by atoms with van der Waals surface area (Å²) < 4.78 is 0. The van der Waals surface area contributed by atoms with Gasteiger partial charge in [-0.25, -0.2) is 0 Å². The Labute approximate surface area is 132 Å². The number of nitrogens with zero attached hydrogens (tertiary/aromatic N) is 1. The fourth-order valence-corrected chi connectivity index (χ4v) is 5.08. The number of hydrogen-bond acceptors (Lipinski definition) is 2. The molecule has 3 aliphatic rings. The van der Waals surface area contributed by atoms with Gasteiger partial charge in [-0.1, -0.05) is 32.6 Å². The van der Waals surface area contributed by atoms with Crippen molar-refractivity contribution >= 4 is 0 Å². The Morgan fingerprint density at radius 3 is 2.38 bits per heavy atom. The van der Waals surface area contributed by atoms with Crippen LogP contribution >= 0.6 is 0 Å². The molecule has 2 aliphatic carbocycles. The van der Waals surface area contributed by atoms with Gasteiger partial charge in [-0.15, -0.1) is 0 Å². The van der Waals surface area contributed by atoms with Crippen LogP contribution in [0.1, 0.15) is 77.6 Å². The summed E-state index contributed by atoms with van der Waals surface area (Å²) in [4.78, 5) is 2.88. The van der Waals surface area contributed by atoms with E-state index in [-0.39, 0.29) is 0 Å². The average Bonchev–Trinajstić information content (AvgIpc) is 2.82. The second-order valence-electron chi connectivity index (χ2n) is 7.89. The molecule has 0 bridgehead atoms. The first-order valence-electron chi connectivity index (χ1n) is 9.84. The van der Waals surface area contributed by atoms with Gasteiger partial charge in [0, 0.05) is 18.6 Å². The Bertz CT molecular complexity index is 290. The molecule has 0 spiro atoms. The zero-order valence-corrected chi connectivity index (χ0v) is 14.2. The molecule has 1 saturated heterocycles. The summed E-state index contributed by atoms with van der Waals surface area (Å²) in [6, 6.07) is 1.69. The van der Waals surface area contributed by atoms with E-state index in [1.54, 1.807) is 0 Å². The van der Waals surface area contributed by atoms with Crippen LogP contribution < -0.4 is 5.32 Å². The van der Waals surface area contributed by atoms with E-state index >= 15 is 0 Å². The van der Waals surface area contributed by atoms with Crippen molar-refractivity contribution in [1.82, 2.24) is 10.2 Å². The largest absolute Gasteiger partial charge is 0.312 e. The average molecular weight is 293 g/mol. The van der Waals surface area contributed by atoms with Crippen molar-refractivity contribution in [2.75, 3.05) is 19.6 Å². The molecule has 3 rings (SSSR count). The molecule has 2 saturated carbocycles. The van der Waals surface area contributed by atoms with Crippen LogP contribution in [0.3, 0.4) is 0 Å². The molecule has 21 heavy (non-hydrogen) atoms. The lowest BCUT2D eigenvalue weighted by Gasteiger charge is -2.39. The van der Waals surface area contributed by atoms with Crippen LogP contribution in [0.5, 0.6) is 0 Å². The second kappa shape index (κ2) is 7.97. The van der Waals surface area contributed by atoms with E-state index in [1.807, 2.05) is 0 Å². The maximum absolute atomic E-state index is 3.90. The Kier molecular flexibility index (Phi) is 5.99. The van der Waals surface area contributed by atoms with Crippen LogP contribution in [0.2, 0.25) is 0 Å². The monoisotopic (exact) mass is 292 g/mol.